The number of carbonyl (C=O) groups excluding carboxylic acids is 3. The van der Waals surface area contributed by atoms with Gasteiger partial charge in [-0.3, -0.25) is 9.59 Å². The summed E-state index contributed by atoms with van der Waals surface area (Å²) in [4.78, 5) is 42.8. The molecule has 1 atom stereocenters. The van der Waals surface area contributed by atoms with Crippen LogP contribution in [0.4, 0.5) is 0 Å². The predicted molar refractivity (Wildman–Crippen MR) is 161 cm³/mol. The maximum absolute atomic E-state index is 13.3. The van der Waals surface area contributed by atoms with E-state index in [-0.39, 0.29) is 17.2 Å². The first-order chi connectivity index (χ1) is 20.4. The van der Waals surface area contributed by atoms with Crippen LogP contribution in [-0.4, -0.2) is 50.2 Å². The highest BCUT2D eigenvalue weighted by Crippen LogP contribution is 2.34. The third-order valence-electron chi connectivity index (χ3n) is 6.65. The first kappa shape index (κ1) is 32.7. The van der Waals surface area contributed by atoms with E-state index in [2.05, 4.69) is 10.3 Å². The Labute approximate surface area is 252 Å². The molecule has 1 amide bonds. The summed E-state index contributed by atoms with van der Waals surface area (Å²) in [6.45, 7) is 10.4. The second-order valence-corrected chi connectivity index (χ2v) is 10.2. The SMILES string of the molecule is COc1ccc(C(=C(C)OC(=O)[C@H](C)NC(=O)c2nccc(OC)c2OC(=O)C(C)C)c2ccc(OC)c(C)c2)cc1C. The van der Waals surface area contributed by atoms with Crippen LogP contribution in [0.15, 0.2) is 54.4 Å². The predicted octanol–water partition coefficient (Wildman–Crippen LogP) is 5.43. The van der Waals surface area contributed by atoms with E-state index in [0.717, 1.165) is 33.8 Å². The van der Waals surface area contributed by atoms with E-state index in [1.165, 1.54) is 26.3 Å². The van der Waals surface area contributed by atoms with Crippen molar-refractivity contribution in [3.05, 3.63) is 82.4 Å². The Morgan fingerprint density at radius 1 is 0.767 bits per heavy atom. The van der Waals surface area contributed by atoms with E-state index in [0.29, 0.717) is 11.3 Å². The zero-order valence-electron chi connectivity index (χ0n) is 26.0. The standard InChI is InChI=1S/C33H38N2O8/c1-18(2)32(37)43-30-27(41-9)14-15-34-29(30)31(36)35-21(5)33(38)42-22(6)28(23-10-12-25(39-7)19(3)16-23)24-11-13-26(40-8)20(4)17-24/h10-18,21H,1-9H3,(H,35,36)/t21-/m0/s1. The minimum atomic E-state index is -1.08. The van der Waals surface area contributed by atoms with Crippen LogP contribution in [0.1, 0.15) is 60.4 Å². The molecule has 0 spiro atoms. The van der Waals surface area contributed by atoms with Crippen molar-refractivity contribution in [2.24, 2.45) is 5.92 Å². The zero-order chi connectivity index (χ0) is 31.8. The van der Waals surface area contributed by atoms with Crippen LogP contribution in [-0.2, 0) is 14.3 Å². The van der Waals surface area contributed by atoms with Gasteiger partial charge in [-0.2, -0.15) is 0 Å². The van der Waals surface area contributed by atoms with Gasteiger partial charge in [0.25, 0.3) is 5.91 Å². The van der Waals surface area contributed by atoms with E-state index in [9.17, 15) is 14.4 Å². The number of methoxy groups -OCH3 is 3. The van der Waals surface area contributed by atoms with Gasteiger partial charge in [0.05, 0.1) is 27.2 Å². The Morgan fingerprint density at radius 3 is 1.77 bits per heavy atom. The van der Waals surface area contributed by atoms with Gasteiger partial charge in [0.1, 0.15) is 23.3 Å². The molecule has 0 aliphatic heterocycles. The highest BCUT2D eigenvalue weighted by Gasteiger charge is 2.27. The van der Waals surface area contributed by atoms with Crippen molar-refractivity contribution in [3.63, 3.8) is 0 Å². The summed E-state index contributed by atoms with van der Waals surface area (Å²) in [5, 5.41) is 2.58. The molecule has 0 radical (unpaired) electrons. The molecule has 0 saturated heterocycles. The molecule has 0 aliphatic rings. The lowest BCUT2D eigenvalue weighted by Gasteiger charge is -2.19. The van der Waals surface area contributed by atoms with Gasteiger partial charge in [-0.1, -0.05) is 26.0 Å². The molecule has 10 heteroatoms. The van der Waals surface area contributed by atoms with Crippen molar-refractivity contribution in [2.75, 3.05) is 21.3 Å². The van der Waals surface area contributed by atoms with Gasteiger partial charge in [0, 0.05) is 17.8 Å². The quantitative estimate of drug-likeness (QED) is 0.230. The maximum Gasteiger partial charge on any atom is 0.333 e. The number of amides is 1. The first-order valence-electron chi connectivity index (χ1n) is 13.7. The number of aromatic nitrogens is 1. The lowest BCUT2D eigenvalue weighted by molar-refractivity contribution is -0.141. The number of ether oxygens (including phenoxy) is 5. The second kappa shape index (κ2) is 14.4. The van der Waals surface area contributed by atoms with Crippen LogP contribution in [0, 0.1) is 19.8 Å². The molecule has 0 bridgehead atoms. The number of hydrogen-bond donors (Lipinski definition) is 1. The summed E-state index contributed by atoms with van der Waals surface area (Å²) in [5.41, 5.74) is 3.90. The molecule has 1 N–H and O–H groups in total. The highest BCUT2D eigenvalue weighted by molar-refractivity contribution is 5.99. The minimum Gasteiger partial charge on any atom is -0.496 e. The first-order valence-corrected chi connectivity index (χ1v) is 13.7. The average Bonchev–Trinajstić information content (AvgIpc) is 2.97. The van der Waals surface area contributed by atoms with Crippen LogP contribution < -0.4 is 24.3 Å². The molecule has 228 valence electrons. The van der Waals surface area contributed by atoms with Crippen LogP contribution >= 0.6 is 0 Å². The zero-order valence-corrected chi connectivity index (χ0v) is 26.0. The summed E-state index contributed by atoms with van der Waals surface area (Å²) in [5.74, 6) is -0.676. The van der Waals surface area contributed by atoms with Gasteiger partial charge in [-0.15, -0.1) is 0 Å². The third-order valence-corrected chi connectivity index (χ3v) is 6.65. The Hall–Kier alpha value is -4.86. The molecular formula is C33H38N2O8. The van der Waals surface area contributed by atoms with Gasteiger partial charge < -0.3 is 29.0 Å². The van der Waals surface area contributed by atoms with Crippen LogP contribution in [0.5, 0.6) is 23.0 Å². The number of benzene rings is 2. The number of allylic oxidation sites excluding steroid dienone is 1. The lowest BCUT2D eigenvalue weighted by atomic mass is 9.94. The van der Waals surface area contributed by atoms with Crippen molar-refractivity contribution in [2.45, 2.75) is 47.6 Å². The van der Waals surface area contributed by atoms with Crippen molar-refractivity contribution in [3.8, 4) is 23.0 Å². The number of aryl methyl sites for hydroxylation is 2. The number of hydrogen-bond acceptors (Lipinski definition) is 9. The Bertz CT molecular complexity index is 1490. The van der Waals surface area contributed by atoms with Gasteiger partial charge in [0.15, 0.2) is 11.4 Å². The fraction of sp³-hybridized carbons (Fsp3) is 0.333. The molecule has 0 fully saturated rings. The van der Waals surface area contributed by atoms with E-state index >= 15 is 0 Å². The molecular weight excluding hydrogens is 552 g/mol. The second-order valence-electron chi connectivity index (χ2n) is 10.2. The normalized spacial score (nSPS) is 11.3. The molecule has 2 aromatic carbocycles. The molecule has 43 heavy (non-hydrogen) atoms. The number of pyridine rings is 1. The topological polar surface area (TPSA) is 122 Å². The molecule has 1 aromatic heterocycles. The van der Waals surface area contributed by atoms with Gasteiger partial charge in [-0.05, 0) is 74.2 Å². The van der Waals surface area contributed by atoms with Crippen LogP contribution in [0.2, 0.25) is 0 Å². The van der Waals surface area contributed by atoms with Crippen molar-refractivity contribution in [1.29, 1.82) is 0 Å². The number of nitrogens with one attached hydrogen (secondary N) is 1. The summed E-state index contributed by atoms with van der Waals surface area (Å²) in [6.07, 6.45) is 1.34. The van der Waals surface area contributed by atoms with E-state index in [4.69, 9.17) is 23.7 Å². The Kier molecular flexibility index (Phi) is 10.9. The fourth-order valence-corrected chi connectivity index (χ4v) is 4.33. The van der Waals surface area contributed by atoms with E-state index < -0.39 is 29.8 Å². The van der Waals surface area contributed by atoms with E-state index in [1.54, 1.807) is 35.0 Å². The van der Waals surface area contributed by atoms with Crippen molar-refractivity contribution >= 4 is 23.4 Å². The van der Waals surface area contributed by atoms with Gasteiger partial charge >= 0.3 is 11.9 Å². The number of esters is 2. The van der Waals surface area contributed by atoms with Gasteiger partial charge in [0.2, 0.25) is 5.75 Å². The third kappa shape index (κ3) is 7.71. The smallest absolute Gasteiger partial charge is 0.333 e. The van der Waals surface area contributed by atoms with Crippen molar-refractivity contribution < 1.29 is 38.1 Å². The van der Waals surface area contributed by atoms with Crippen LogP contribution in [0.25, 0.3) is 5.57 Å². The molecule has 0 aliphatic carbocycles. The molecule has 1 heterocycles. The number of rotatable bonds is 11. The molecule has 0 unspecified atom stereocenters. The summed E-state index contributed by atoms with van der Waals surface area (Å²) >= 11 is 0. The molecule has 10 nitrogen and oxygen atoms in total. The molecule has 3 aromatic rings. The van der Waals surface area contributed by atoms with Crippen molar-refractivity contribution in [1.82, 2.24) is 10.3 Å². The number of carbonyl (C=O) groups is 3. The highest BCUT2D eigenvalue weighted by atomic mass is 16.6. The largest absolute Gasteiger partial charge is 0.496 e. The van der Waals surface area contributed by atoms with E-state index in [1.807, 2.05) is 50.2 Å². The molecule has 3 rings (SSSR count). The fourth-order valence-electron chi connectivity index (χ4n) is 4.33. The number of nitrogens with zero attached hydrogens (tertiary/aromatic N) is 1. The summed E-state index contributed by atoms with van der Waals surface area (Å²) < 4.78 is 27.3. The molecule has 0 saturated carbocycles. The minimum absolute atomic E-state index is 0.134. The van der Waals surface area contributed by atoms with Gasteiger partial charge in [-0.25, -0.2) is 9.78 Å². The Morgan fingerprint density at radius 2 is 1.30 bits per heavy atom. The monoisotopic (exact) mass is 590 g/mol. The van der Waals surface area contributed by atoms with Crippen LogP contribution in [0.3, 0.4) is 0 Å². The average molecular weight is 591 g/mol. The maximum atomic E-state index is 13.3. The summed E-state index contributed by atoms with van der Waals surface area (Å²) in [7, 11) is 4.59. The Balaban J connectivity index is 1.94. The summed E-state index contributed by atoms with van der Waals surface area (Å²) in [6, 6.07) is 11.8. The lowest BCUT2D eigenvalue weighted by Crippen LogP contribution is -2.40.